The van der Waals surface area contributed by atoms with E-state index in [2.05, 4.69) is 33.9 Å². The van der Waals surface area contributed by atoms with Crippen molar-refractivity contribution in [3.63, 3.8) is 0 Å². The van der Waals surface area contributed by atoms with Gasteiger partial charge in [0.15, 0.2) is 8.32 Å². The molecule has 5 rings (SSSR count). The van der Waals surface area contributed by atoms with Crippen LogP contribution in [0.2, 0.25) is 18.1 Å². The minimum Gasteiger partial charge on any atom is -0.497 e. The molecule has 1 aliphatic rings. The molecule has 0 saturated carbocycles. The zero-order valence-electron chi connectivity index (χ0n) is 27.1. The number of amides is 1. The Morgan fingerprint density at radius 3 is 2.16 bits per heavy atom. The Hall–Kier alpha value is -3.94. The van der Waals surface area contributed by atoms with E-state index in [9.17, 15) is 9.18 Å². The van der Waals surface area contributed by atoms with Crippen molar-refractivity contribution >= 4 is 19.9 Å². The number of rotatable bonds is 12. The van der Waals surface area contributed by atoms with Crippen LogP contribution in [0.25, 0.3) is 0 Å². The smallest absolute Gasteiger partial charge is 0.233 e. The van der Waals surface area contributed by atoms with Crippen LogP contribution in [0.1, 0.15) is 62.4 Å². The van der Waals surface area contributed by atoms with E-state index < -0.39 is 8.32 Å². The summed E-state index contributed by atoms with van der Waals surface area (Å²) >= 11 is 0. The van der Waals surface area contributed by atoms with E-state index in [4.69, 9.17) is 13.9 Å². The molecule has 4 aromatic carbocycles. The van der Waals surface area contributed by atoms with Crippen molar-refractivity contribution in [3.05, 3.63) is 126 Å². The van der Waals surface area contributed by atoms with Crippen molar-refractivity contribution in [1.82, 2.24) is 0 Å². The number of hydrogen-bond donors (Lipinski definition) is 0. The van der Waals surface area contributed by atoms with Gasteiger partial charge in [0.1, 0.15) is 23.9 Å². The summed E-state index contributed by atoms with van der Waals surface area (Å²) in [5, 5.41) is -0.00168. The highest BCUT2D eigenvalue weighted by Gasteiger charge is 2.50. The molecule has 1 aliphatic heterocycles. The molecule has 3 atom stereocenters. The third-order valence-electron chi connectivity index (χ3n) is 9.25. The first-order chi connectivity index (χ1) is 21.5. The molecule has 0 aliphatic carbocycles. The number of ether oxygens (including phenoxy) is 2. The maximum atomic E-state index is 14.0. The Labute approximate surface area is 268 Å². The van der Waals surface area contributed by atoms with Crippen LogP contribution >= 0.6 is 0 Å². The molecule has 1 heterocycles. The van der Waals surface area contributed by atoms with E-state index in [1.54, 1.807) is 7.11 Å². The number of nitrogens with zero attached hydrogens (tertiary/aromatic N) is 1. The lowest BCUT2D eigenvalue weighted by Gasteiger charge is -2.48. The second kappa shape index (κ2) is 13.6. The molecule has 0 radical (unpaired) electrons. The van der Waals surface area contributed by atoms with Crippen molar-refractivity contribution in [3.8, 4) is 11.5 Å². The van der Waals surface area contributed by atoms with Crippen molar-refractivity contribution in [1.29, 1.82) is 0 Å². The topological polar surface area (TPSA) is 48.0 Å². The molecule has 0 bridgehead atoms. The lowest BCUT2D eigenvalue weighted by molar-refractivity contribution is -0.131. The van der Waals surface area contributed by atoms with E-state index in [0.29, 0.717) is 30.9 Å². The molecular weight excluding hydrogens is 582 g/mol. The Morgan fingerprint density at radius 2 is 1.53 bits per heavy atom. The van der Waals surface area contributed by atoms with Crippen molar-refractivity contribution in [2.75, 3.05) is 12.0 Å². The molecule has 0 unspecified atom stereocenters. The Kier molecular flexibility index (Phi) is 9.80. The highest BCUT2D eigenvalue weighted by molar-refractivity contribution is 6.74. The Morgan fingerprint density at radius 1 is 0.889 bits per heavy atom. The average molecular weight is 626 g/mol. The number of carbonyl (C=O) groups excluding carboxylic acids is 1. The molecule has 1 fully saturated rings. The summed E-state index contributed by atoms with van der Waals surface area (Å²) in [4.78, 5) is 15.9. The summed E-state index contributed by atoms with van der Waals surface area (Å²) in [7, 11) is -0.539. The van der Waals surface area contributed by atoms with E-state index in [0.717, 1.165) is 22.4 Å². The molecule has 236 valence electrons. The summed E-state index contributed by atoms with van der Waals surface area (Å²) in [5.41, 5.74) is 3.77. The van der Waals surface area contributed by atoms with Gasteiger partial charge < -0.3 is 18.8 Å². The number of halogens is 1. The van der Waals surface area contributed by atoms with Gasteiger partial charge >= 0.3 is 0 Å². The highest BCUT2D eigenvalue weighted by atomic mass is 28.4. The second-order valence-corrected chi connectivity index (χ2v) is 18.0. The van der Waals surface area contributed by atoms with Crippen LogP contribution in [0.3, 0.4) is 0 Å². The first kappa shape index (κ1) is 32.5. The van der Waals surface area contributed by atoms with Crippen molar-refractivity contribution < 1.29 is 23.1 Å². The summed E-state index contributed by atoms with van der Waals surface area (Å²) in [6.07, 6.45) is 0.980. The van der Waals surface area contributed by atoms with Gasteiger partial charge in [-0.3, -0.25) is 4.79 Å². The third kappa shape index (κ3) is 7.31. The van der Waals surface area contributed by atoms with Crippen molar-refractivity contribution in [2.24, 2.45) is 5.92 Å². The SMILES string of the molecule is COc1ccc([C@@H]2[C@@H](CC[C@H](O[Si](C)(C)C(C)(C)C)c3ccc(F)cc3)C(=O)N2c2ccccc2)c(OCc2ccccc2)c1. The Balaban J connectivity index is 1.48. The van der Waals surface area contributed by atoms with Crippen LogP contribution in [0.5, 0.6) is 11.5 Å². The van der Waals surface area contributed by atoms with Crippen molar-refractivity contribution in [2.45, 2.75) is 70.5 Å². The lowest BCUT2D eigenvalue weighted by atomic mass is 9.78. The second-order valence-electron chi connectivity index (χ2n) is 13.3. The minimum absolute atomic E-state index is 0.00168. The maximum absolute atomic E-state index is 14.0. The predicted molar refractivity (Wildman–Crippen MR) is 181 cm³/mol. The molecule has 0 aromatic heterocycles. The number of anilines is 1. The zero-order valence-corrected chi connectivity index (χ0v) is 28.1. The normalized spacial score (nSPS) is 17.5. The Bertz CT molecular complexity index is 1570. The van der Waals surface area contributed by atoms with E-state index in [1.807, 2.05) is 95.9 Å². The van der Waals surface area contributed by atoms with Gasteiger partial charge in [0.05, 0.1) is 25.2 Å². The largest absolute Gasteiger partial charge is 0.497 e. The molecule has 4 aromatic rings. The van der Waals surface area contributed by atoms with Crippen LogP contribution < -0.4 is 14.4 Å². The van der Waals surface area contributed by atoms with Gasteiger partial charge in [0.2, 0.25) is 5.91 Å². The van der Waals surface area contributed by atoms with Gasteiger partial charge in [-0.1, -0.05) is 81.4 Å². The fraction of sp³-hybridized carbons (Fsp3) is 0.342. The van der Waals surface area contributed by atoms with Gasteiger partial charge in [0, 0.05) is 17.3 Å². The fourth-order valence-corrected chi connectivity index (χ4v) is 6.96. The van der Waals surface area contributed by atoms with Gasteiger partial charge in [-0.2, -0.15) is 0 Å². The van der Waals surface area contributed by atoms with Gasteiger partial charge in [-0.25, -0.2) is 4.39 Å². The molecular formula is C38H44FNO4Si. The first-order valence-electron chi connectivity index (χ1n) is 15.6. The first-order valence-corrected chi connectivity index (χ1v) is 18.6. The van der Waals surface area contributed by atoms with Crippen LogP contribution in [-0.4, -0.2) is 21.3 Å². The van der Waals surface area contributed by atoms with Crippen LogP contribution in [0, 0.1) is 11.7 Å². The van der Waals surface area contributed by atoms with Gasteiger partial charge in [0.25, 0.3) is 0 Å². The maximum Gasteiger partial charge on any atom is 0.233 e. The summed E-state index contributed by atoms with van der Waals surface area (Å²) in [6.45, 7) is 11.5. The minimum atomic E-state index is -2.18. The van der Waals surface area contributed by atoms with Crippen LogP contribution in [-0.2, 0) is 15.8 Å². The van der Waals surface area contributed by atoms with E-state index >= 15 is 0 Å². The van der Waals surface area contributed by atoms with Gasteiger partial charge in [-0.05, 0) is 78.5 Å². The molecule has 45 heavy (non-hydrogen) atoms. The van der Waals surface area contributed by atoms with Crippen LogP contribution in [0.4, 0.5) is 10.1 Å². The average Bonchev–Trinajstić information content (AvgIpc) is 3.03. The molecule has 7 heteroatoms. The number of β-lactam (4-membered cyclic amide) rings is 1. The quantitative estimate of drug-likeness (QED) is 0.116. The van der Waals surface area contributed by atoms with E-state index in [1.165, 1.54) is 12.1 Å². The van der Waals surface area contributed by atoms with E-state index in [-0.39, 0.29) is 34.8 Å². The molecule has 5 nitrogen and oxygen atoms in total. The summed E-state index contributed by atoms with van der Waals surface area (Å²) < 4.78 is 32.8. The number of hydrogen-bond acceptors (Lipinski definition) is 4. The molecule has 1 saturated heterocycles. The van der Waals surface area contributed by atoms with Crippen LogP contribution in [0.15, 0.2) is 103 Å². The summed E-state index contributed by atoms with van der Waals surface area (Å²) in [5.74, 6) is 0.883. The summed E-state index contributed by atoms with van der Waals surface area (Å²) in [6, 6.07) is 32.0. The molecule has 1 amide bonds. The standard InChI is InChI=1S/C38H44FNO4Si/c1-38(2,3)45(5,6)44-34(28-17-19-29(39)20-18-28)24-23-33-36(40(37(33)41)30-15-11-8-12-16-30)32-22-21-31(42-4)25-35(32)43-26-27-13-9-7-10-14-27/h7-22,25,33-34,36H,23-24,26H2,1-6H3/t33-,34+,36-/m1/s1. The molecule has 0 spiro atoms. The number of benzene rings is 4. The van der Waals surface area contributed by atoms with Gasteiger partial charge in [-0.15, -0.1) is 0 Å². The number of methoxy groups -OCH3 is 1. The lowest BCUT2D eigenvalue weighted by Crippen LogP contribution is -2.55. The zero-order chi connectivity index (χ0) is 32.2. The highest BCUT2D eigenvalue weighted by Crippen LogP contribution is 2.50. The molecule has 0 N–H and O–H groups in total. The number of para-hydroxylation sites is 1. The predicted octanol–water partition coefficient (Wildman–Crippen LogP) is 9.66. The monoisotopic (exact) mass is 625 g/mol. The fourth-order valence-electron chi connectivity index (χ4n) is 5.64. The third-order valence-corrected chi connectivity index (χ3v) is 13.7. The number of carbonyl (C=O) groups is 1.